The van der Waals surface area contributed by atoms with Crippen LogP contribution < -0.4 is 24.2 Å². The molecule has 0 saturated heterocycles. The van der Waals surface area contributed by atoms with E-state index < -0.39 is 0 Å². The number of para-hydroxylation sites is 1. The van der Waals surface area contributed by atoms with Crippen LogP contribution in [-0.4, -0.2) is 11.6 Å². The van der Waals surface area contributed by atoms with E-state index in [4.69, 9.17) is 11.6 Å². The summed E-state index contributed by atoms with van der Waals surface area (Å²) in [5, 5.41) is 4.88. The molecule has 0 amide bonds. The van der Waals surface area contributed by atoms with E-state index >= 15 is 0 Å². The first-order chi connectivity index (χ1) is 13.0. The van der Waals surface area contributed by atoms with Crippen molar-refractivity contribution in [3.63, 3.8) is 0 Å². The number of rotatable bonds is 3. The number of halogens is 1. The molecule has 4 nitrogen and oxygen atoms in total. The molecule has 0 radical (unpaired) electrons. The molecule has 1 aliphatic heterocycles. The first kappa shape index (κ1) is 18.8. The van der Waals surface area contributed by atoms with E-state index in [1.54, 1.807) is 34.4 Å². The normalized spacial score (nSPS) is 16.3. The second-order valence-electron chi connectivity index (χ2n) is 6.04. The van der Waals surface area contributed by atoms with Crippen molar-refractivity contribution in [3.8, 4) is 0 Å². The smallest absolute Gasteiger partial charge is 0.271 e. The van der Waals surface area contributed by atoms with Gasteiger partial charge in [-0.3, -0.25) is 9.36 Å². The molecule has 0 N–H and O–H groups in total. The fraction of sp³-hybridized carbons (Fsp3) is 0.263. The Morgan fingerprint density at radius 2 is 2.11 bits per heavy atom. The van der Waals surface area contributed by atoms with Crippen LogP contribution in [0.5, 0.6) is 0 Å². The molecule has 0 aliphatic carbocycles. The molecule has 0 saturated carbocycles. The zero-order valence-electron chi connectivity index (χ0n) is 15.2. The monoisotopic (exact) mass is 436 g/mol. The molecule has 0 atom stereocenters. The third kappa shape index (κ3) is 3.16. The zero-order valence-corrected chi connectivity index (χ0v) is 18.4. The van der Waals surface area contributed by atoms with E-state index in [2.05, 4.69) is 29.1 Å². The number of fused-ring (bicyclic) bond motifs is 1. The summed E-state index contributed by atoms with van der Waals surface area (Å²) in [5.74, 6) is 0. The van der Waals surface area contributed by atoms with E-state index in [1.165, 1.54) is 0 Å². The van der Waals surface area contributed by atoms with Gasteiger partial charge in [-0.15, -0.1) is 11.3 Å². The Bertz CT molecular complexity index is 1190. The minimum absolute atomic E-state index is 0.0617. The number of thiazole rings is 2. The third-order valence-electron chi connectivity index (χ3n) is 4.52. The molecule has 0 spiro atoms. The molecular formula is C19H19ClN3OS3+. The molecule has 3 heterocycles. The van der Waals surface area contributed by atoms with Crippen molar-refractivity contribution in [1.29, 1.82) is 0 Å². The first-order valence-electron chi connectivity index (χ1n) is 8.67. The quantitative estimate of drug-likeness (QED) is 0.591. The van der Waals surface area contributed by atoms with E-state index in [0.29, 0.717) is 11.6 Å². The standard InChI is InChI=1S/C19H19ClN3OS3/c1-4-22-9-10-25-14(22)11-15-23(5-2)18(24)17(27-15)19-21(3)16-12(20)7-6-8-13(16)26-19/h6-11H,4-5H2,1-3H3/q+1/b19-17+. The molecule has 0 fully saturated rings. The van der Waals surface area contributed by atoms with Crippen LogP contribution in [0.4, 0.5) is 5.69 Å². The van der Waals surface area contributed by atoms with Gasteiger partial charge in [-0.2, -0.15) is 4.57 Å². The van der Waals surface area contributed by atoms with Gasteiger partial charge >= 0.3 is 0 Å². The number of hydrogen-bond donors (Lipinski definition) is 0. The van der Waals surface area contributed by atoms with Crippen LogP contribution in [0.2, 0.25) is 5.02 Å². The lowest BCUT2D eigenvalue weighted by molar-refractivity contribution is -0.690. The van der Waals surface area contributed by atoms with Crippen LogP contribution in [0, 0.1) is 0 Å². The van der Waals surface area contributed by atoms with Crippen LogP contribution >= 0.6 is 46.0 Å². The van der Waals surface area contributed by atoms with Gasteiger partial charge in [0, 0.05) is 18.5 Å². The SMILES string of the molecule is CCn1c(=O)/c(=C2\Sc3cccc(Cl)c3N2C)s/c1=C\c1scc[n+]1CC. The number of aromatic nitrogens is 2. The van der Waals surface area contributed by atoms with Gasteiger partial charge in [-0.1, -0.05) is 40.8 Å². The number of hydrogen-bond acceptors (Lipinski definition) is 5. The van der Waals surface area contributed by atoms with Gasteiger partial charge in [-0.25, -0.2) is 0 Å². The average Bonchev–Trinajstić information content (AvgIpc) is 3.32. The molecule has 27 heavy (non-hydrogen) atoms. The molecular weight excluding hydrogens is 418 g/mol. The number of nitrogens with zero attached hydrogens (tertiary/aromatic N) is 3. The molecule has 4 rings (SSSR count). The Kier molecular flexibility index (Phi) is 5.20. The molecule has 1 aliphatic rings. The molecule has 2 aromatic heterocycles. The van der Waals surface area contributed by atoms with Gasteiger partial charge in [-0.05, 0) is 26.0 Å². The lowest BCUT2D eigenvalue weighted by atomic mass is 10.3. The Labute approximate surface area is 174 Å². The number of aryl methyl sites for hydroxylation is 1. The molecule has 140 valence electrons. The van der Waals surface area contributed by atoms with Gasteiger partial charge < -0.3 is 4.90 Å². The maximum atomic E-state index is 13.1. The van der Waals surface area contributed by atoms with Crippen LogP contribution in [0.1, 0.15) is 18.9 Å². The van der Waals surface area contributed by atoms with Gasteiger partial charge in [0.25, 0.3) is 10.6 Å². The highest BCUT2D eigenvalue weighted by molar-refractivity contribution is 8.08. The third-order valence-corrected chi connectivity index (χ3v) is 8.15. The Hall–Kier alpha value is -1.54. The topological polar surface area (TPSA) is 29.1 Å². The average molecular weight is 437 g/mol. The highest BCUT2D eigenvalue weighted by Crippen LogP contribution is 2.48. The largest absolute Gasteiger partial charge is 0.336 e. The van der Waals surface area contributed by atoms with Crippen molar-refractivity contribution in [2.75, 3.05) is 11.9 Å². The summed E-state index contributed by atoms with van der Waals surface area (Å²) in [5.41, 5.74) is 1.04. The van der Waals surface area contributed by atoms with Gasteiger partial charge in [0.05, 0.1) is 22.2 Å². The van der Waals surface area contributed by atoms with Crippen molar-refractivity contribution in [2.45, 2.75) is 31.8 Å². The number of benzene rings is 1. The highest BCUT2D eigenvalue weighted by atomic mass is 35.5. The second kappa shape index (κ2) is 7.47. The predicted molar refractivity (Wildman–Crippen MR) is 116 cm³/mol. The van der Waals surface area contributed by atoms with Crippen LogP contribution in [0.25, 0.3) is 11.1 Å². The van der Waals surface area contributed by atoms with Crippen molar-refractivity contribution in [1.82, 2.24) is 4.57 Å². The maximum Gasteiger partial charge on any atom is 0.271 e. The fourth-order valence-electron chi connectivity index (χ4n) is 3.14. The predicted octanol–water partition coefficient (Wildman–Crippen LogP) is 3.09. The van der Waals surface area contributed by atoms with Gasteiger partial charge in [0.1, 0.15) is 20.8 Å². The van der Waals surface area contributed by atoms with Crippen LogP contribution in [0.3, 0.4) is 0 Å². The molecule has 1 aromatic carbocycles. The second-order valence-corrected chi connectivity index (χ2v) is 9.44. The van der Waals surface area contributed by atoms with E-state index in [9.17, 15) is 4.79 Å². The molecule has 3 aromatic rings. The fourth-order valence-corrected chi connectivity index (χ4v) is 6.91. The van der Waals surface area contributed by atoms with Crippen molar-refractivity contribution in [2.24, 2.45) is 0 Å². The van der Waals surface area contributed by atoms with E-state index in [0.717, 1.165) is 36.4 Å². The summed E-state index contributed by atoms with van der Waals surface area (Å²) in [6, 6.07) is 5.88. The molecule has 0 bridgehead atoms. The lowest BCUT2D eigenvalue weighted by Crippen LogP contribution is -2.35. The van der Waals surface area contributed by atoms with Crippen molar-refractivity contribution >= 4 is 62.8 Å². The summed E-state index contributed by atoms with van der Waals surface area (Å²) < 4.78 is 5.78. The lowest BCUT2D eigenvalue weighted by Gasteiger charge is -2.13. The Morgan fingerprint density at radius 3 is 2.81 bits per heavy atom. The summed E-state index contributed by atoms with van der Waals surface area (Å²) in [7, 11) is 1.98. The minimum atomic E-state index is 0.0617. The molecule has 8 heteroatoms. The van der Waals surface area contributed by atoms with E-state index in [1.807, 2.05) is 41.6 Å². The highest BCUT2D eigenvalue weighted by Gasteiger charge is 2.26. The van der Waals surface area contributed by atoms with Crippen LogP contribution in [-0.2, 0) is 13.1 Å². The molecule has 0 unspecified atom stereocenters. The Morgan fingerprint density at radius 1 is 1.30 bits per heavy atom. The minimum Gasteiger partial charge on any atom is -0.336 e. The van der Waals surface area contributed by atoms with Crippen molar-refractivity contribution < 1.29 is 4.57 Å². The van der Waals surface area contributed by atoms with Crippen molar-refractivity contribution in [3.05, 3.63) is 59.4 Å². The van der Waals surface area contributed by atoms with Crippen LogP contribution in [0.15, 0.2) is 39.5 Å². The maximum absolute atomic E-state index is 13.1. The summed E-state index contributed by atoms with van der Waals surface area (Å²) in [6.07, 6.45) is 4.20. The summed E-state index contributed by atoms with van der Waals surface area (Å²) in [4.78, 5) is 16.3. The summed E-state index contributed by atoms with van der Waals surface area (Å²) in [6.45, 7) is 5.69. The first-order valence-corrected chi connectivity index (χ1v) is 11.6. The van der Waals surface area contributed by atoms with E-state index in [-0.39, 0.29) is 5.56 Å². The van der Waals surface area contributed by atoms with Gasteiger partial charge in [0.15, 0.2) is 6.20 Å². The number of thioether (sulfide) groups is 1. The zero-order chi connectivity index (χ0) is 19.1. The summed E-state index contributed by atoms with van der Waals surface area (Å²) >= 11 is 11.2. The number of anilines is 1. The Balaban J connectivity index is 1.94. The van der Waals surface area contributed by atoms with Gasteiger partial charge in [0.2, 0.25) is 0 Å².